The van der Waals surface area contributed by atoms with E-state index in [-0.39, 0.29) is 12.7 Å². The van der Waals surface area contributed by atoms with Crippen LogP contribution in [0.2, 0.25) is 5.02 Å². The maximum absolute atomic E-state index is 12.8. The number of aromatic nitrogens is 1. The zero-order valence-corrected chi connectivity index (χ0v) is 15.0. The van der Waals surface area contributed by atoms with Crippen LogP contribution in [-0.4, -0.2) is 17.9 Å². The predicted octanol–water partition coefficient (Wildman–Crippen LogP) is 4.39. The third-order valence-corrected chi connectivity index (χ3v) is 5.16. The molecule has 0 bridgehead atoms. The Kier molecular flexibility index (Phi) is 3.62. The van der Waals surface area contributed by atoms with Gasteiger partial charge in [-0.2, -0.15) is 0 Å². The number of hydrogen-bond acceptors (Lipinski definition) is 5. The van der Waals surface area contributed by atoms with E-state index < -0.39 is 5.41 Å². The number of carbonyl (C=O) groups excluding carboxylic acids is 1. The van der Waals surface area contributed by atoms with E-state index in [1.54, 1.807) is 24.3 Å². The highest BCUT2D eigenvalue weighted by Crippen LogP contribution is 2.49. The zero-order chi connectivity index (χ0) is 18.4. The van der Waals surface area contributed by atoms with Crippen LogP contribution >= 0.6 is 11.6 Å². The highest BCUT2D eigenvalue weighted by Gasteiger charge is 2.53. The number of nitrogens with zero attached hydrogens (tertiary/aromatic N) is 1. The van der Waals surface area contributed by atoms with Crippen molar-refractivity contribution in [1.82, 2.24) is 5.16 Å². The van der Waals surface area contributed by atoms with E-state index >= 15 is 0 Å². The van der Waals surface area contributed by atoms with E-state index in [4.69, 9.17) is 25.6 Å². The van der Waals surface area contributed by atoms with Gasteiger partial charge in [-0.1, -0.05) is 22.8 Å². The molecule has 0 unspecified atom stereocenters. The van der Waals surface area contributed by atoms with Gasteiger partial charge in [0.1, 0.15) is 0 Å². The van der Waals surface area contributed by atoms with Crippen molar-refractivity contribution in [2.45, 2.75) is 18.3 Å². The number of hydrogen-bond donors (Lipinski definition) is 1. The molecule has 2 heterocycles. The summed E-state index contributed by atoms with van der Waals surface area (Å²) >= 11 is 5.99. The first kappa shape index (κ1) is 16.2. The summed E-state index contributed by atoms with van der Waals surface area (Å²) in [4.78, 5) is 12.8. The van der Waals surface area contributed by atoms with E-state index in [1.165, 1.54) is 0 Å². The largest absolute Gasteiger partial charge is 0.454 e. The van der Waals surface area contributed by atoms with Crippen molar-refractivity contribution in [2.75, 3.05) is 12.1 Å². The van der Waals surface area contributed by atoms with Crippen LogP contribution in [0.4, 0.5) is 5.69 Å². The van der Waals surface area contributed by atoms with Gasteiger partial charge in [-0.05, 0) is 49.2 Å². The van der Waals surface area contributed by atoms with E-state index in [1.807, 2.05) is 24.3 Å². The summed E-state index contributed by atoms with van der Waals surface area (Å²) < 4.78 is 16.2. The number of rotatable bonds is 4. The predicted molar refractivity (Wildman–Crippen MR) is 99.1 cm³/mol. The van der Waals surface area contributed by atoms with Gasteiger partial charge < -0.3 is 19.3 Å². The van der Waals surface area contributed by atoms with Gasteiger partial charge in [0, 0.05) is 22.3 Å². The van der Waals surface area contributed by atoms with Crippen LogP contribution in [0.3, 0.4) is 0 Å². The Morgan fingerprint density at radius 3 is 2.74 bits per heavy atom. The van der Waals surface area contributed by atoms with Crippen LogP contribution in [0.5, 0.6) is 11.5 Å². The minimum Gasteiger partial charge on any atom is -0.454 e. The second kappa shape index (κ2) is 6.03. The van der Waals surface area contributed by atoms with Crippen molar-refractivity contribution in [2.24, 2.45) is 0 Å². The Hall–Kier alpha value is -2.99. The maximum atomic E-state index is 12.8. The summed E-state index contributed by atoms with van der Waals surface area (Å²) in [5.74, 6) is 1.86. The lowest BCUT2D eigenvalue weighted by molar-refractivity contribution is -0.118. The van der Waals surface area contributed by atoms with Gasteiger partial charge >= 0.3 is 0 Å². The molecule has 1 aliphatic carbocycles. The summed E-state index contributed by atoms with van der Waals surface area (Å²) in [5.41, 5.74) is 1.47. The van der Waals surface area contributed by atoms with Crippen molar-refractivity contribution in [3.63, 3.8) is 0 Å². The number of halogens is 1. The van der Waals surface area contributed by atoms with Gasteiger partial charge in [-0.15, -0.1) is 0 Å². The highest BCUT2D eigenvalue weighted by molar-refractivity contribution is 6.30. The normalized spacial score (nSPS) is 16.2. The van der Waals surface area contributed by atoms with Gasteiger partial charge in [0.2, 0.25) is 12.7 Å². The van der Waals surface area contributed by atoms with Gasteiger partial charge in [-0.3, -0.25) is 4.79 Å². The minimum atomic E-state index is -0.652. The molecule has 0 saturated heterocycles. The Morgan fingerprint density at radius 2 is 1.93 bits per heavy atom. The fourth-order valence-electron chi connectivity index (χ4n) is 3.23. The van der Waals surface area contributed by atoms with Crippen LogP contribution in [0.15, 0.2) is 53.1 Å². The molecule has 6 nitrogen and oxygen atoms in total. The fourth-order valence-corrected chi connectivity index (χ4v) is 3.42. The summed E-state index contributed by atoms with van der Waals surface area (Å²) in [6, 6.07) is 14.5. The molecule has 2 aromatic carbocycles. The molecular weight excluding hydrogens is 368 g/mol. The third kappa shape index (κ3) is 2.82. The Balaban J connectivity index is 1.39. The van der Waals surface area contributed by atoms with Gasteiger partial charge in [0.05, 0.1) is 11.1 Å². The summed E-state index contributed by atoms with van der Waals surface area (Å²) in [5, 5.41) is 7.67. The number of amides is 1. The van der Waals surface area contributed by atoms with E-state index in [2.05, 4.69) is 10.5 Å². The van der Waals surface area contributed by atoms with Crippen LogP contribution in [0.25, 0.3) is 11.3 Å². The number of anilines is 1. The van der Waals surface area contributed by atoms with Gasteiger partial charge in [0.25, 0.3) is 0 Å². The molecule has 5 rings (SSSR count). The molecule has 7 heteroatoms. The van der Waals surface area contributed by atoms with Crippen molar-refractivity contribution in [3.8, 4) is 22.8 Å². The molecular formula is C20H15ClN2O4. The molecule has 136 valence electrons. The molecule has 1 saturated carbocycles. The molecule has 2 aliphatic rings. The molecule has 1 amide bonds. The van der Waals surface area contributed by atoms with E-state index in [0.717, 1.165) is 18.4 Å². The van der Waals surface area contributed by atoms with Crippen LogP contribution in [0, 0.1) is 0 Å². The standard InChI is InChI=1S/C20H15ClN2O4/c21-13-2-1-3-14(9-13)22-19(24)20(6-7-20)18-10-16(27-23-18)12-4-5-15-17(8-12)26-11-25-15/h1-5,8-10H,6-7,11H2,(H,22,24). The maximum Gasteiger partial charge on any atom is 0.236 e. The zero-order valence-electron chi connectivity index (χ0n) is 14.2. The van der Waals surface area contributed by atoms with Crippen molar-refractivity contribution < 1.29 is 18.8 Å². The third-order valence-electron chi connectivity index (χ3n) is 4.92. The monoisotopic (exact) mass is 382 g/mol. The van der Waals surface area contributed by atoms with Crippen molar-refractivity contribution >= 4 is 23.2 Å². The topological polar surface area (TPSA) is 73.6 Å². The quantitative estimate of drug-likeness (QED) is 0.724. The molecule has 0 spiro atoms. The van der Waals surface area contributed by atoms with E-state index in [9.17, 15) is 4.79 Å². The second-order valence-electron chi connectivity index (χ2n) is 6.69. The lowest BCUT2D eigenvalue weighted by atomic mass is 10.00. The first-order chi connectivity index (χ1) is 13.1. The van der Waals surface area contributed by atoms with E-state index in [0.29, 0.717) is 33.7 Å². The number of benzene rings is 2. The van der Waals surface area contributed by atoms with Crippen LogP contribution in [-0.2, 0) is 10.2 Å². The van der Waals surface area contributed by atoms with Crippen molar-refractivity contribution in [3.05, 3.63) is 59.2 Å². The Morgan fingerprint density at radius 1 is 1.07 bits per heavy atom. The molecule has 1 aliphatic heterocycles. The smallest absolute Gasteiger partial charge is 0.236 e. The molecule has 3 aromatic rings. The first-order valence-corrected chi connectivity index (χ1v) is 8.96. The average molecular weight is 383 g/mol. The summed E-state index contributed by atoms with van der Waals surface area (Å²) in [6.45, 7) is 0.216. The number of fused-ring (bicyclic) bond motifs is 1. The number of carbonyl (C=O) groups is 1. The average Bonchev–Trinajstić information content (AvgIpc) is 3.11. The molecule has 1 aromatic heterocycles. The molecule has 1 N–H and O–H groups in total. The fraction of sp³-hybridized carbons (Fsp3) is 0.200. The van der Waals surface area contributed by atoms with Crippen LogP contribution in [0.1, 0.15) is 18.5 Å². The van der Waals surface area contributed by atoms with Gasteiger partial charge in [0.15, 0.2) is 17.3 Å². The SMILES string of the molecule is O=C(Nc1cccc(Cl)c1)C1(c2cc(-c3ccc4c(c3)OCO4)on2)CC1. The van der Waals surface area contributed by atoms with Crippen molar-refractivity contribution in [1.29, 1.82) is 0 Å². The molecule has 0 atom stereocenters. The summed E-state index contributed by atoms with van der Waals surface area (Å²) in [6.07, 6.45) is 1.46. The number of ether oxygens (including phenoxy) is 2. The Bertz CT molecular complexity index is 1040. The lowest BCUT2D eigenvalue weighted by Crippen LogP contribution is -2.28. The van der Waals surface area contributed by atoms with Gasteiger partial charge in [-0.25, -0.2) is 0 Å². The highest BCUT2D eigenvalue weighted by atomic mass is 35.5. The molecule has 0 radical (unpaired) electrons. The first-order valence-electron chi connectivity index (χ1n) is 8.58. The second-order valence-corrected chi connectivity index (χ2v) is 7.13. The Labute approximate surface area is 160 Å². The summed E-state index contributed by atoms with van der Waals surface area (Å²) in [7, 11) is 0. The lowest BCUT2D eigenvalue weighted by Gasteiger charge is -2.12. The molecule has 1 fully saturated rings. The minimum absolute atomic E-state index is 0.102. The molecule has 27 heavy (non-hydrogen) atoms. The number of nitrogens with one attached hydrogen (secondary N) is 1. The van der Waals surface area contributed by atoms with Crippen LogP contribution < -0.4 is 14.8 Å².